The standard InChI is InChI=1S/C13H17NO4/c1-3-18-13(17)11(8(2)15)9-6-4-5-7-10(9)12(14)16/h4-8,11,15H,3H2,1-2H3,(H2,14,16)/t8-,11-/m1/s1. The van der Waals surface area contributed by atoms with Crippen molar-refractivity contribution in [2.24, 2.45) is 5.73 Å². The van der Waals surface area contributed by atoms with Crippen LogP contribution in [0, 0.1) is 0 Å². The van der Waals surface area contributed by atoms with E-state index in [4.69, 9.17) is 10.5 Å². The van der Waals surface area contributed by atoms with Crippen LogP contribution in [0.15, 0.2) is 24.3 Å². The Hall–Kier alpha value is -1.88. The van der Waals surface area contributed by atoms with E-state index in [-0.39, 0.29) is 12.2 Å². The largest absolute Gasteiger partial charge is 0.465 e. The Morgan fingerprint density at radius 3 is 2.50 bits per heavy atom. The smallest absolute Gasteiger partial charge is 0.316 e. The number of hydrogen-bond acceptors (Lipinski definition) is 4. The molecule has 0 spiro atoms. The van der Waals surface area contributed by atoms with Crippen molar-refractivity contribution >= 4 is 11.9 Å². The minimum atomic E-state index is -0.968. The van der Waals surface area contributed by atoms with Crippen LogP contribution in [0.25, 0.3) is 0 Å². The normalized spacial score (nSPS) is 13.7. The molecule has 1 rings (SSSR count). The highest BCUT2D eigenvalue weighted by Crippen LogP contribution is 2.25. The molecule has 0 unspecified atom stereocenters. The molecule has 3 N–H and O–H groups in total. The molecule has 0 fully saturated rings. The number of rotatable bonds is 5. The predicted molar refractivity (Wildman–Crippen MR) is 66.0 cm³/mol. The molecule has 5 heteroatoms. The second-order valence-electron chi connectivity index (χ2n) is 3.92. The minimum Gasteiger partial charge on any atom is -0.465 e. The van der Waals surface area contributed by atoms with Gasteiger partial charge in [-0.2, -0.15) is 0 Å². The summed E-state index contributed by atoms with van der Waals surface area (Å²) < 4.78 is 4.90. The average Bonchev–Trinajstić information content (AvgIpc) is 2.29. The van der Waals surface area contributed by atoms with Crippen LogP contribution in [-0.2, 0) is 9.53 Å². The van der Waals surface area contributed by atoms with Crippen molar-refractivity contribution in [1.29, 1.82) is 0 Å². The van der Waals surface area contributed by atoms with E-state index in [1.807, 2.05) is 0 Å². The maximum atomic E-state index is 11.8. The number of hydrogen-bond donors (Lipinski definition) is 2. The molecule has 2 atom stereocenters. The van der Waals surface area contributed by atoms with Crippen molar-refractivity contribution < 1.29 is 19.4 Å². The van der Waals surface area contributed by atoms with Gasteiger partial charge in [0.15, 0.2) is 0 Å². The summed E-state index contributed by atoms with van der Waals surface area (Å²) in [6.45, 7) is 3.36. The van der Waals surface area contributed by atoms with E-state index in [0.717, 1.165) is 0 Å². The summed E-state index contributed by atoms with van der Waals surface area (Å²) in [7, 11) is 0. The molecular formula is C13H17NO4. The lowest BCUT2D eigenvalue weighted by molar-refractivity contribution is -0.147. The molecule has 0 aliphatic heterocycles. The number of benzene rings is 1. The molecule has 18 heavy (non-hydrogen) atoms. The zero-order chi connectivity index (χ0) is 13.7. The Morgan fingerprint density at radius 1 is 1.39 bits per heavy atom. The molecule has 0 saturated carbocycles. The van der Waals surface area contributed by atoms with Crippen LogP contribution in [0.3, 0.4) is 0 Å². The highest BCUT2D eigenvalue weighted by molar-refractivity contribution is 5.96. The Morgan fingerprint density at radius 2 is 2.00 bits per heavy atom. The van der Waals surface area contributed by atoms with Crippen LogP contribution in [0.5, 0.6) is 0 Å². The Balaban J connectivity index is 3.22. The molecule has 1 aromatic rings. The van der Waals surface area contributed by atoms with Gasteiger partial charge in [0.2, 0.25) is 5.91 Å². The molecule has 0 radical (unpaired) electrons. The van der Waals surface area contributed by atoms with Gasteiger partial charge in [0.25, 0.3) is 0 Å². The van der Waals surface area contributed by atoms with E-state index in [2.05, 4.69) is 0 Å². The summed E-state index contributed by atoms with van der Waals surface area (Å²) >= 11 is 0. The van der Waals surface area contributed by atoms with Crippen LogP contribution in [-0.4, -0.2) is 29.7 Å². The molecule has 5 nitrogen and oxygen atoms in total. The van der Waals surface area contributed by atoms with Gasteiger partial charge in [-0.05, 0) is 25.5 Å². The Kier molecular flexibility index (Phi) is 4.85. The fourth-order valence-electron chi connectivity index (χ4n) is 1.81. The van der Waals surface area contributed by atoms with Crippen LogP contribution >= 0.6 is 0 Å². The maximum Gasteiger partial charge on any atom is 0.316 e. The highest BCUT2D eigenvalue weighted by Gasteiger charge is 2.29. The quantitative estimate of drug-likeness (QED) is 0.758. The third-order valence-electron chi connectivity index (χ3n) is 2.58. The van der Waals surface area contributed by atoms with E-state index in [1.165, 1.54) is 13.0 Å². The van der Waals surface area contributed by atoms with Gasteiger partial charge in [-0.1, -0.05) is 18.2 Å². The van der Waals surface area contributed by atoms with Crippen LogP contribution < -0.4 is 5.73 Å². The minimum absolute atomic E-state index is 0.209. The predicted octanol–water partition coefficient (Wildman–Crippen LogP) is 0.813. The van der Waals surface area contributed by atoms with Crippen molar-refractivity contribution in [2.45, 2.75) is 25.9 Å². The molecule has 98 valence electrons. The van der Waals surface area contributed by atoms with Gasteiger partial charge in [0, 0.05) is 5.56 Å². The number of carbonyl (C=O) groups is 2. The first-order valence-corrected chi connectivity index (χ1v) is 5.72. The average molecular weight is 251 g/mol. The lowest BCUT2D eigenvalue weighted by Crippen LogP contribution is -2.28. The number of aliphatic hydroxyl groups is 1. The first-order chi connectivity index (χ1) is 8.49. The summed E-state index contributed by atoms with van der Waals surface area (Å²) in [4.78, 5) is 23.1. The zero-order valence-corrected chi connectivity index (χ0v) is 10.4. The molecule has 0 aliphatic rings. The van der Waals surface area contributed by atoms with Crippen molar-refractivity contribution in [1.82, 2.24) is 0 Å². The number of aliphatic hydroxyl groups excluding tert-OH is 1. The zero-order valence-electron chi connectivity index (χ0n) is 10.4. The molecular weight excluding hydrogens is 234 g/mol. The lowest BCUT2D eigenvalue weighted by Gasteiger charge is -2.20. The molecule has 1 amide bonds. The van der Waals surface area contributed by atoms with Gasteiger partial charge in [-0.3, -0.25) is 9.59 Å². The molecule has 0 saturated heterocycles. The van der Waals surface area contributed by atoms with Gasteiger partial charge in [-0.15, -0.1) is 0 Å². The fourth-order valence-corrected chi connectivity index (χ4v) is 1.81. The van der Waals surface area contributed by atoms with Gasteiger partial charge < -0.3 is 15.6 Å². The first kappa shape index (κ1) is 14.2. The van der Waals surface area contributed by atoms with Crippen molar-refractivity contribution in [3.05, 3.63) is 35.4 Å². The molecule has 0 heterocycles. The number of esters is 1. The summed E-state index contributed by atoms with van der Waals surface area (Å²) in [5.74, 6) is -2.12. The number of amides is 1. The van der Waals surface area contributed by atoms with Crippen molar-refractivity contribution in [2.75, 3.05) is 6.61 Å². The maximum absolute atomic E-state index is 11.8. The number of primary amides is 1. The third-order valence-corrected chi connectivity index (χ3v) is 2.58. The van der Waals surface area contributed by atoms with E-state index in [0.29, 0.717) is 5.56 Å². The van der Waals surface area contributed by atoms with Crippen LogP contribution in [0.2, 0.25) is 0 Å². The van der Waals surface area contributed by atoms with Gasteiger partial charge in [0.1, 0.15) is 5.92 Å². The monoisotopic (exact) mass is 251 g/mol. The van der Waals surface area contributed by atoms with Crippen molar-refractivity contribution in [3.63, 3.8) is 0 Å². The Labute approximate surface area is 106 Å². The van der Waals surface area contributed by atoms with Gasteiger partial charge in [-0.25, -0.2) is 0 Å². The van der Waals surface area contributed by atoms with E-state index in [1.54, 1.807) is 25.1 Å². The molecule has 0 bridgehead atoms. The van der Waals surface area contributed by atoms with E-state index in [9.17, 15) is 14.7 Å². The second-order valence-corrected chi connectivity index (χ2v) is 3.92. The van der Waals surface area contributed by atoms with Crippen molar-refractivity contribution in [3.8, 4) is 0 Å². The van der Waals surface area contributed by atoms with Crippen LogP contribution in [0.1, 0.15) is 35.7 Å². The van der Waals surface area contributed by atoms with E-state index < -0.39 is 23.9 Å². The first-order valence-electron chi connectivity index (χ1n) is 5.72. The third kappa shape index (κ3) is 3.07. The summed E-state index contributed by atoms with van der Waals surface area (Å²) in [5.41, 5.74) is 5.86. The topological polar surface area (TPSA) is 89.6 Å². The summed E-state index contributed by atoms with van der Waals surface area (Å²) in [6.07, 6.45) is -0.968. The highest BCUT2D eigenvalue weighted by atomic mass is 16.5. The van der Waals surface area contributed by atoms with Gasteiger partial charge in [0.05, 0.1) is 12.7 Å². The summed E-state index contributed by atoms with van der Waals surface area (Å²) in [6, 6.07) is 6.44. The molecule has 1 aromatic carbocycles. The summed E-state index contributed by atoms with van der Waals surface area (Å²) in [5, 5.41) is 9.72. The second kappa shape index (κ2) is 6.16. The molecule has 0 aromatic heterocycles. The van der Waals surface area contributed by atoms with E-state index >= 15 is 0 Å². The SMILES string of the molecule is CCOC(=O)[C@@H](c1ccccc1C(N)=O)[C@@H](C)O. The van der Waals surface area contributed by atoms with Gasteiger partial charge >= 0.3 is 5.97 Å². The lowest BCUT2D eigenvalue weighted by atomic mass is 9.90. The number of nitrogens with two attached hydrogens (primary N) is 1. The number of carbonyl (C=O) groups excluding carboxylic acids is 2. The van der Waals surface area contributed by atoms with Crippen LogP contribution in [0.4, 0.5) is 0 Å². The number of ether oxygens (including phenoxy) is 1. The fraction of sp³-hybridized carbons (Fsp3) is 0.385. The molecule has 0 aliphatic carbocycles. The Bertz CT molecular complexity index is 442.